The van der Waals surface area contributed by atoms with E-state index in [1.165, 1.54) is 10.8 Å². The SMILES string of the molecule is C=CC(=O)Oc1ccc(-n2c3ccccc3c3ccccc32)cc1. The minimum absolute atomic E-state index is 0.459. The van der Waals surface area contributed by atoms with Crippen LogP contribution in [0.15, 0.2) is 85.5 Å². The zero-order valence-electron chi connectivity index (χ0n) is 13.0. The maximum atomic E-state index is 11.3. The second-order valence-electron chi connectivity index (χ2n) is 5.49. The molecule has 3 heteroatoms. The highest BCUT2D eigenvalue weighted by Gasteiger charge is 2.11. The first-order chi connectivity index (χ1) is 11.8. The molecule has 0 unspecified atom stereocenters. The summed E-state index contributed by atoms with van der Waals surface area (Å²) in [6.45, 7) is 3.40. The third-order valence-electron chi connectivity index (χ3n) is 4.06. The molecule has 0 saturated heterocycles. The van der Waals surface area contributed by atoms with E-state index in [1.807, 2.05) is 24.3 Å². The van der Waals surface area contributed by atoms with E-state index in [9.17, 15) is 4.79 Å². The van der Waals surface area contributed by atoms with Gasteiger partial charge in [-0.05, 0) is 36.4 Å². The Morgan fingerprint density at radius 3 is 1.92 bits per heavy atom. The van der Waals surface area contributed by atoms with Gasteiger partial charge in [-0.1, -0.05) is 43.0 Å². The van der Waals surface area contributed by atoms with Gasteiger partial charge in [-0.15, -0.1) is 0 Å². The lowest BCUT2D eigenvalue weighted by Crippen LogP contribution is -2.03. The zero-order valence-corrected chi connectivity index (χ0v) is 13.0. The van der Waals surface area contributed by atoms with Gasteiger partial charge < -0.3 is 9.30 Å². The smallest absolute Gasteiger partial charge is 0.335 e. The number of fused-ring (bicyclic) bond motifs is 3. The van der Waals surface area contributed by atoms with E-state index < -0.39 is 5.97 Å². The van der Waals surface area contributed by atoms with Crippen LogP contribution in [0.3, 0.4) is 0 Å². The van der Waals surface area contributed by atoms with Gasteiger partial charge in [0.05, 0.1) is 11.0 Å². The fourth-order valence-electron chi connectivity index (χ4n) is 3.02. The van der Waals surface area contributed by atoms with Crippen molar-refractivity contribution in [3.63, 3.8) is 0 Å². The number of rotatable bonds is 3. The van der Waals surface area contributed by atoms with Gasteiger partial charge in [0.1, 0.15) is 5.75 Å². The van der Waals surface area contributed by atoms with Crippen LogP contribution >= 0.6 is 0 Å². The van der Waals surface area contributed by atoms with Crippen LogP contribution in [-0.2, 0) is 4.79 Å². The van der Waals surface area contributed by atoms with Gasteiger partial charge in [0.25, 0.3) is 0 Å². The first-order valence-electron chi connectivity index (χ1n) is 7.71. The number of carbonyl (C=O) groups is 1. The van der Waals surface area contributed by atoms with Crippen LogP contribution in [0.5, 0.6) is 5.75 Å². The lowest BCUT2D eigenvalue weighted by Gasteiger charge is -2.08. The molecule has 0 spiro atoms. The largest absolute Gasteiger partial charge is 0.423 e. The molecule has 0 fully saturated rings. The lowest BCUT2D eigenvalue weighted by molar-refractivity contribution is -0.128. The summed E-state index contributed by atoms with van der Waals surface area (Å²) in [5.74, 6) is 0.0454. The normalized spacial score (nSPS) is 10.8. The third-order valence-corrected chi connectivity index (χ3v) is 4.06. The highest BCUT2D eigenvalue weighted by atomic mass is 16.5. The number of aromatic nitrogens is 1. The van der Waals surface area contributed by atoms with Gasteiger partial charge in [0.2, 0.25) is 0 Å². The first kappa shape index (κ1) is 14.3. The molecule has 4 aromatic rings. The molecule has 3 nitrogen and oxygen atoms in total. The molecule has 116 valence electrons. The molecular formula is C21H15NO2. The summed E-state index contributed by atoms with van der Waals surface area (Å²) < 4.78 is 7.36. The topological polar surface area (TPSA) is 31.2 Å². The Morgan fingerprint density at radius 1 is 0.833 bits per heavy atom. The average Bonchev–Trinajstić information content (AvgIpc) is 2.97. The average molecular weight is 313 g/mol. The Hall–Kier alpha value is -3.33. The molecule has 0 N–H and O–H groups in total. The van der Waals surface area contributed by atoms with Crippen molar-refractivity contribution >= 4 is 27.8 Å². The molecule has 24 heavy (non-hydrogen) atoms. The molecule has 0 bridgehead atoms. The number of para-hydroxylation sites is 2. The Balaban J connectivity index is 1.89. The van der Waals surface area contributed by atoms with Crippen molar-refractivity contribution in [1.82, 2.24) is 4.57 Å². The zero-order chi connectivity index (χ0) is 16.5. The summed E-state index contributed by atoms with van der Waals surface area (Å²) >= 11 is 0. The Labute approximate surface area is 139 Å². The van der Waals surface area contributed by atoms with E-state index >= 15 is 0 Å². The number of benzene rings is 3. The summed E-state index contributed by atoms with van der Waals surface area (Å²) in [4.78, 5) is 11.3. The minimum Gasteiger partial charge on any atom is -0.423 e. The fraction of sp³-hybridized carbons (Fsp3) is 0. The van der Waals surface area contributed by atoms with Gasteiger partial charge in [-0.3, -0.25) is 0 Å². The summed E-state index contributed by atoms with van der Waals surface area (Å²) in [5.41, 5.74) is 3.31. The molecular weight excluding hydrogens is 298 g/mol. The first-order valence-corrected chi connectivity index (χ1v) is 7.71. The number of hydrogen-bond donors (Lipinski definition) is 0. The van der Waals surface area contributed by atoms with Crippen molar-refractivity contribution in [3.8, 4) is 11.4 Å². The molecule has 0 aliphatic carbocycles. The van der Waals surface area contributed by atoms with Crippen LogP contribution in [0, 0.1) is 0 Å². The molecule has 0 atom stereocenters. The quantitative estimate of drug-likeness (QED) is 0.307. The molecule has 0 aliphatic heterocycles. The number of nitrogens with zero attached hydrogens (tertiary/aromatic N) is 1. The van der Waals surface area contributed by atoms with Crippen molar-refractivity contribution in [3.05, 3.63) is 85.5 Å². The van der Waals surface area contributed by atoms with Crippen molar-refractivity contribution in [2.24, 2.45) is 0 Å². The number of ether oxygens (including phenoxy) is 1. The van der Waals surface area contributed by atoms with Crippen LogP contribution in [0.2, 0.25) is 0 Å². The monoisotopic (exact) mass is 313 g/mol. The van der Waals surface area contributed by atoms with Gasteiger partial charge in [-0.25, -0.2) is 4.79 Å². The van der Waals surface area contributed by atoms with Crippen LogP contribution in [-0.4, -0.2) is 10.5 Å². The maximum Gasteiger partial charge on any atom is 0.335 e. The predicted octanol–water partition coefficient (Wildman–Crippen LogP) is 4.88. The van der Waals surface area contributed by atoms with E-state index in [0.717, 1.165) is 22.8 Å². The third kappa shape index (κ3) is 2.27. The van der Waals surface area contributed by atoms with E-state index in [4.69, 9.17) is 4.74 Å². The maximum absolute atomic E-state index is 11.3. The number of carbonyl (C=O) groups excluding carboxylic acids is 1. The molecule has 0 aliphatic rings. The molecule has 3 aromatic carbocycles. The van der Waals surface area contributed by atoms with E-state index in [1.54, 1.807) is 12.1 Å². The Kier molecular flexibility index (Phi) is 3.39. The molecule has 1 heterocycles. The van der Waals surface area contributed by atoms with E-state index in [-0.39, 0.29) is 0 Å². The van der Waals surface area contributed by atoms with E-state index in [0.29, 0.717) is 5.75 Å². The molecule has 4 rings (SSSR count). The van der Waals surface area contributed by atoms with Crippen LogP contribution in [0.4, 0.5) is 0 Å². The summed E-state index contributed by atoms with van der Waals surface area (Å²) in [6.07, 6.45) is 1.15. The Bertz CT molecular complexity index is 1010. The standard InChI is InChI=1S/C21H15NO2/c1-2-21(23)24-16-13-11-15(12-14-16)22-19-9-5-3-7-17(19)18-8-4-6-10-20(18)22/h2-14H,1H2. The molecule has 0 saturated carbocycles. The van der Waals surface area contributed by atoms with Crippen molar-refractivity contribution < 1.29 is 9.53 Å². The highest BCUT2D eigenvalue weighted by Crippen LogP contribution is 2.32. The summed E-state index contributed by atoms with van der Waals surface area (Å²) in [5, 5.41) is 2.44. The number of hydrogen-bond acceptors (Lipinski definition) is 2. The molecule has 1 aromatic heterocycles. The molecule has 0 radical (unpaired) electrons. The van der Waals surface area contributed by atoms with E-state index in [2.05, 4.69) is 47.5 Å². The predicted molar refractivity (Wildman–Crippen MR) is 96.6 cm³/mol. The minimum atomic E-state index is -0.459. The van der Waals surface area contributed by atoms with Crippen molar-refractivity contribution in [2.75, 3.05) is 0 Å². The second-order valence-corrected chi connectivity index (χ2v) is 5.49. The highest BCUT2D eigenvalue weighted by molar-refractivity contribution is 6.09. The summed E-state index contributed by atoms with van der Waals surface area (Å²) in [6, 6.07) is 24.2. The van der Waals surface area contributed by atoms with Crippen LogP contribution in [0.1, 0.15) is 0 Å². The lowest BCUT2D eigenvalue weighted by atomic mass is 10.2. The van der Waals surface area contributed by atoms with Gasteiger partial charge >= 0.3 is 5.97 Å². The second kappa shape index (κ2) is 5.70. The van der Waals surface area contributed by atoms with Crippen molar-refractivity contribution in [1.29, 1.82) is 0 Å². The van der Waals surface area contributed by atoms with Gasteiger partial charge in [0, 0.05) is 22.5 Å². The van der Waals surface area contributed by atoms with Crippen molar-refractivity contribution in [2.45, 2.75) is 0 Å². The van der Waals surface area contributed by atoms with Crippen LogP contribution < -0.4 is 4.74 Å². The Morgan fingerprint density at radius 2 is 1.38 bits per heavy atom. The van der Waals surface area contributed by atoms with Crippen LogP contribution in [0.25, 0.3) is 27.5 Å². The fourth-order valence-corrected chi connectivity index (χ4v) is 3.02. The van der Waals surface area contributed by atoms with Gasteiger partial charge in [0.15, 0.2) is 0 Å². The van der Waals surface area contributed by atoms with Gasteiger partial charge in [-0.2, -0.15) is 0 Å². The summed E-state index contributed by atoms with van der Waals surface area (Å²) in [7, 11) is 0. The number of esters is 1. The molecule has 0 amide bonds.